The zero-order valence-electron chi connectivity index (χ0n) is 14.2. The number of ether oxygens (including phenoxy) is 1. The molecule has 0 bridgehead atoms. The van der Waals surface area contributed by atoms with Crippen LogP contribution in [0.2, 0.25) is 0 Å². The summed E-state index contributed by atoms with van der Waals surface area (Å²) in [6, 6.07) is 10.1. The monoisotopic (exact) mass is 344 g/mol. The van der Waals surface area contributed by atoms with Crippen LogP contribution >= 0.6 is 11.3 Å². The summed E-state index contributed by atoms with van der Waals surface area (Å²) in [6.45, 7) is 5.73. The SMILES string of the molecule is CC1(C)CC(CNC(=O)Cc2csc(-c3ccccc3)n2)CCO1. The van der Waals surface area contributed by atoms with Gasteiger partial charge in [-0.1, -0.05) is 30.3 Å². The molecule has 0 aliphatic carbocycles. The topological polar surface area (TPSA) is 51.2 Å². The van der Waals surface area contributed by atoms with Gasteiger partial charge in [0.1, 0.15) is 5.01 Å². The van der Waals surface area contributed by atoms with Gasteiger partial charge in [0, 0.05) is 24.1 Å². The Bertz CT molecular complexity index is 682. The fourth-order valence-corrected chi connectivity index (χ4v) is 3.94. The molecule has 1 aliphatic heterocycles. The number of thiazole rings is 1. The number of nitrogens with one attached hydrogen (secondary N) is 1. The van der Waals surface area contributed by atoms with Gasteiger partial charge in [-0.15, -0.1) is 11.3 Å². The van der Waals surface area contributed by atoms with E-state index in [0.717, 1.165) is 42.3 Å². The first-order valence-electron chi connectivity index (χ1n) is 8.42. The van der Waals surface area contributed by atoms with Crippen molar-refractivity contribution in [3.8, 4) is 10.6 Å². The molecule has 24 heavy (non-hydrogen) atoms. The van der Waals surface area contributed by atoms with Crippen LogP contribution in [-0.4, -0.2) is 29.6 Å². The number of nitrogens with zero attached hydrogens (tertiary/aromatic N) is 1. The number of benzene rings is 1. The van der Waals surface area contributed by atoms with Crippen LogP contribution in [0.3, 0.4) is 0 Å². The molecule has 2 heterocycles. The molecule has 1 aliphatic rings. The molecule has 5 heteroatoms. The van der Waals surface area contributed by atoms with E-state index in [1.54, 1.807) is 11.3 Å². The van der Waals surface area contributed by atoms with Crippen molar-refractivity contribution in [2.24, 2.45) is 5.92 Å². The molecule has 1 amide bonds. The lowest BCUT2D eigenvalue weighted by Gasteiger charge is -2.35. The molecule has 1 atom stereocenters. The van der Waals surface area contributed by atoms with Gasteiger partial charge in [-0.05, 0) is 32.6 Å². The smallest absolute Gasteiger partial charge is 0.226 e. The molecule has 1 fully saturated rings. The minimum atomic E-state index is -0.0762. The van der Waals surface area contributed by atoms with Gasteiger partial charge in [-0.25, -0.2) is 4.98 Å². The average Bonchev–Trinajstić information content (AvgIpc) is 3.01. The molecule has 3 rings (SSSR count). The van der Waals surface area contributed by atoms with Crippen molar-refractivity contribution in [3.05, 3.63) is 41.4 Å². The van der Waals surface area contributed by atoms with Crippen molar-refractivity contribution in [1.82, 2.24) is 10.3 Å². The maximum Gasteiger partial charge on any atom is 0.226 e. The molecule has 1 aromatic carbocycles. The molecule has 1 saturated heterocycles. The Labute approximate surface area is 147 Å². The number of carbonyl (C=O) groups is 1. The lowest BCUT2D eigenvalue weighted by molar-refractivity contribution is -0.121. The molecular weight excluding hydrogens is 320 g/mol. The van der Waals surface area contributed by atoms with Crippen LogP contribution in [0.1, 0.15) is 32.4 Å². The van der Waals surface area contributed by atoms with Crippen molar-refractivity contribution in [1.29, 1.82) is 0 Å². The molecule has 128 valence electrons. The summed E-state index contributed by atoms with van der Waals surface area (Å²) in [7, 11) is 0. The van der Waals surface area contributed by atoms with Gasteiger partial charge in [0.2, 0.25) is 5.91 Å². The van der Waals surface area contributed by atoms with Gasteiger partial charge in [0.05, 0.1) is 17.7 Å². The Kier molecular flexibility index (Phi) is 5.31. The van der Waals surface area contributed by atoms with E-state index in [4.69, 9.17) is 4.74 Å². The van der Waals surface area contributed by atoms with Crippen molar-refractivity contribution in [2.75, 3.05) is 13.2 Å². The zero-order valence-corrected chi connectivity index (χ0v) is 15.1. The van der Waals surface area contributed by atoms with Gasteiger partial charge in [0.15, 0.2) is 0 Å². The van der Waals surface area contributed by atoms with Crippen molar-refractivity contribution in [3.63, 3.8) is 0 Å². The lowest BCUT2D eigenvalue weighted by Crippen LogP contribution is -2.39. The van der Waals surface area contributed by atoms with Crippen molar-refractivity contribution >= 4 is 17.2 Å². The van der Waals surface area contributed by atoms with Crippen LogP contribution in [0.25, 0.3) is 10.6 Å². The van der Waals surface area contributed by atoms with E-state index in [9.17, 15) is 4.79 Å². The second-order valence-corrected chi connectivity index (χ2v) is 7.82. The average molecular weight is 344 g/mol. The van der Waals surface area contributed by atoms with Crippen LogP contribution in [0.4, 0.5) is 0 Å². The second kappa shape index (κ2) is 7.45. The first-order chi connectivity index (χ1) is 11.5. The van der Waals surface area contributed by atoms with Crippen LogP contribution in [-0.2, 0) is 16.0 Å². The summed E-state index contributed by atoms with van der Waals surface area (Å²) < 4.78 is 5.72. The van der Waals surface area contributed by atoms with E-state index in [-0.39, 0.29) is 11.5 Å². The highest BCUT2D eigenvalue weighted by molar-refractivity contribution is 7.13. The number of hydrogen-bond donors (Lipinski definition) is 1. The minimum absolute atomic E-state index is 0.0456. The first kappa shape index (κ1) is 17.1. The van der Waals surface area contributed by atoms with Gasteiger partial charge in [0.25, 0.3) is 0 Å². The summed E-state index contributed by atoms with van der Waals surface area (Å²) in [5.74, 6) is 0.539. The summed E-state index contributed by atoms with van der Waals surface area (Å²) in [5, 5.41) is 5.99. The van der Waals surface area contributed by atoms with E-state index in [2.05, 4.69) is 24.1 Å². The maximum atomic E-state index is 12.2. The van der Waals surface area contributed by atoms with Gasteiger partial charge >= 0.3 is 0 Å². The Morgan fingerprint density at radius 3 is 2.92 bits per heavy atom. The number of rotatable bonds is 5. The van der Waals surface area contributed by atoms with Crippen LogP contribution in [0.15, 0.2) is 35.7 Å². The molecule has 4 nitrogen and oxygen atoms in total. The fraction of sp³-hybridized carbons (Fsp3) is 0.474. The van der Waals surface area contributed by atoms with E-state index in [1.807, 2.05) is 35.7 Å². The predicted octanol–water partition coefficient (Wildman–Crippen LogP) is 3.67. The first-order valence-corrected chi connectivity index (χ1v) is 9.30. The van der Waals surface area contributed by atoms with Crippen molar-refractivity contribution in [2.45, 2.75) is 38.7 Å². The van der Waals surface area contributed by atoms with Crippen LogP contribution < -0.4 is 5.32 Å². The quantitative estimate of drug-likeness (QED) is 0.900. The summed E-state index contributed by atoms with van der Waals surface area (Å²) in [5.41, 5.74) is 1.86. The highest BCUT2D eigenvalue weighted by atomic mass is 32.1. The molecule has 2 aromatic rings. The van der Waals surface area contributed by atoms with E-state index in [1.165, 1.54) is 0 Å². The number of carbonyl (C=O) groups excluding carboxylic acids is 1. The Hall–Kier alpha value is -1.72. The third-order valence-corrected chi connectivity index (χ3v) is 5.24. The maximum absolute atomic E-state index is 12.2. The highest BCUT2D eigenvalue weighted by Gasteiger charge is 2.28. The molecule has 0 saturated carbocycles. The normalized spacial score (nSPS) is 19.8. The Morgan fingerprint density at radius 2 is 2.17 bits per heavy atom. The summed E-state index contributed by atoms with van der Waals surface area (Å²) in [4.78, 5) is 16.8. The number of hydrogen-bond acceptors (Lipinski definition) is 4. The largest absolute Gasteiger partial charge is 0.376 e. The molecular formula is C19H24N2O2S. The molecule has 1 aromatic heterocycles. The van der Waals surface area contributed by atoms with Gasteiger partial charge in [-0.2, -0.15) is 0 Å². The Balaban J connectivity index is 1.50. The summed E-state index contributed by atoms with van der Waals surface area (Å²) in [6.07, 6.45) is 2.34. The molecule has 1 N–H and O–H groups in total. The van der Waals surface area contributed by atoms with Gasteiger partial charge < -0.3 is 10.1 Å². The zero-order chi connectivity index (χ0) is 17.0. The van der Waals surface area contributed by atoms with E-state index >= 15 is 0 Å². The molecule has 0 spiro atoms. The van der Waals surface area contributed by atoms with Crippen molar-refractivity contribution < 1.29 is 9.53 Å². The highest BCUT2D eigenvalue weighted by Crippen LogP contribution is 2.28. The lowest BCUT2D eigenvalue weighted by atomic mass is 9.88. The number of aromatic nitrogens is 1. The molecule has 0 radical (unpaired) electrons. The Morgan fingerprint density at radius 1 is 1.38 bits per heavy atom. The second-order valence-electron chi connectivity index (χ2n) is 6.96. The minimum Gasteiger partial charge on any atom is -0.376 e. The number of amides is 1. The van der Waals surface area contributed by atoms with E-state index in [0.29, 0.717) is 12.3 Å². The third kappa shape index (κ3) is 4.65. The van der Waals surface area contributed by atoms with Gasteiger partial charge in [-0.3, -0.25) is 4.79 Å². The third-order valence-electron chi connectivity index (χ3n) is 4.30. The summed E-state index contributed by atoms with van der Waals surface area (Å²) >= 11 is 1.58. The fourth-order valence-electron chi connectivity index (χ4n) is 3.12. The predicted molar refractivity (Wildman–Crippen MR) is 97.0 cm³/mol. The van der Waals surface area contributed by atoms with Crippen LogP contribution in [0, 0.1) is 5.92 Å². The van der Waals surface area contributed by atoms with E-state index < -0.39 is 0 Å². The standard InChI is InChI=1S/C19H24N2O2S/c1-19(2)11-14(8-9-23-19)12-20-17(22)10-16-13-24-18(21-16)15-6-4-3-5-7-15/h3-7,13-14H,8-12H2,1-2H3,(H,20,22). The van der Waals surface area contributed by atoms with Crippen LogP contribution in [0.5, 0.6) is 0 Å². The molecule has 1 unspecified atom stereocenters.